The Morgan fingerprint density at radius 1 is 0.875 bits per heavy atom. The molecule has 1 aromatic carbocycles. The monoisotopic (exact) mass is 248 g/mol. The van der Waals surface area contributed by atoms with Crippen molar-refractivity contribution in [3.8, 4) is 0 Å². The van der Waals surface area contributed by atoms with E-state index in [1.165, 1.54) is 0 Å². The van der Waals surface area contributed by atoms with Crippen molar-refractivity contribution in [3.63, 3.8) is 0 Å². The Balaban J connectivity index is 2.46. The van der Waals surface area contributed by atoms with Crippen molar-refractivity contribution in [2.75, 3.05) is 0 Å². The van der Waals surface area contributed by atoms with Gasteiger partial charge in [0.1, 0.15) is 0 Å². The summed E-state index contributed by atoms with van der Waals surface area (Å²) in [7, 11) is 0. The van der Waals surface area contributed by atoms with E-state index in [1.807, 2.05) is 36.7 Å². The quantitative estimate of drug-likeness (QED) is 0.420. The second-order valence-electron chi connectivity index (χ2n) is 3.70. The van der Waals surface area contributed by atoms with Gasteiger partial charge in [-0.25, -0.2) is 0 Å². The lowest BCUT2D eigenvalue weighted by Crippen LogP contribution is -2.19. The third-order valence-corrected chi connectivity index (χ3v) is 3.35. The van der Waals surface area contributed by atoms with Crippen LogP contribution in [-0.4, -0.2) is 0 Å². The van der Waals surface area contributed by atoms with Gasteiger partial charge in [-0.15, -0.1) is 0 Å². The summed E-state index contributed by atoms with van der Waals surface area (Å²) < 4.78 is 2.06. The first kappa shape index (κ1) is 9.88. The first-order valence-electron chi connectivity index (χ1n) is 4.93. The van der Waals surface area contributed by atoms with Crippen LogP contribution in [0.2, 0.25) is 10.0 Å². The largest absolute Gasteiger partial charge is 0.211 e. The van der Waals surface area contributed by atoms with E-state index in [-0.39, 0.29) is 0 Å². The zero-order chi connectivity index (χ0) is 11.1. The van der Waals surface area contributed by atoms with E-state index in [0.29, 0.717) is 10.0 Å². The maximum absolute atomic E-state index is 6.00. The maximum atomic E-state index is 6.00. The highest BCUT2D eigenvalue weighted by molar-refractivity contribution is 6.42. The lowest BCUT2D eigenvalue weighted by atomic mass is 10.1. The Morgan fingerprint density at radius 3 is 2.44 bits per heavy atom. The van der Waals surface area contributed by atoms with Gasteiger partial charge in [-0.1, -0.05) is 23.2 Å². The number of pyridine rings is 2. The van der Waals surface area contributed by atoms with Gasteiger partial charge in [-0.3, -0.25) is 0 Å². The number of rotatable bonds is 0. The van der Waals surface area contributed by atoms with Crippen molar-refractivity contribution in [3.05, 3.63) is 58.8 Å². The molecule has 0 fully saturated rings. The van der Waals surface area contributed by atoms with Gasteiger partial charge < -0.3 is 0 Å². The molecule has 3 rings (SSSR count). The van der Waals surface area contributed by atoms with Crippen molar-refractivity contribution < 1.29 is 4.40 Å². The summed E-state index contributed by atoms with van der Waals surface area (Å²) in [4.78, 5) is 0. The Labute approximate surface area is 103 Å². The van der Waals surface area contributed by atoms with Crippen molar-refractivity contribution in [1.82, 2.24) is 0 Å². The van der Waals surface area contributed by atoms with Gasteiger partial charge in [0, 0.05) is 23.6 Å². The molecule has 0 N–H and O–H groups in total. The standard InChI is InChI=1S/C13H8Cl2N/c14-12-6-9-5-11-3-1-2-4-16(11)8-10(9)7-13(12)15/h1-8H/q+1. The van der Waals surface area contributed by atoms with Crippen LogP contribution >= 0.6 is 23.2 Å². The summed E-state index contributed by atoms with van der Waals surface area (Å²) in [6.45, 7) is 0. The molecule has 16 heavy (non-hydrogen) atoms. The van der Waals surface area contributed by atoms with E-state index >= 15 is 0 Å². The SMILES string of the molecule is Clc1cc2cc3cccc[n+]3cc2cc1Cl. The zero-order valence-electron chi connectivity index (χ0n) is 8.32. The summed E-state index contributed by atoms with van der Waals surface area (Å²) in [5.74, 6) is 0. The summed E-state index contributed by atoms with van der Waals surface area (Å²) in [6.07, 6.45) is 4.06. The molecule has 0 aliphatic heterocycles. The fourth-order valence-corrected chi connectivity index (χ4v) is 2.18. The molecule has 0 aliphatic rings. The minimum Gasteiger partial charge on any atom is -0.167 e. The second kappa shape index (κ2) is 3.62. The van der Waals surface area contributed by atoms with Crippen molar-refractivity contribution >= 4 is 39.5 Å². The number of benzene rings is 1. The van der Waals surface area contributed by atoms with Crippen LogP contribution in [0.4, 0.5) is 0 Å². The molecule has 78 valence electrons. The number of hydrogen-bond acceptors (Lipinski definition) is 0. The third kappa shape index (κ3) is 1.53. The molecule has 2 aromatic heterocycles. The third-order valence-electron chi connectivity index (χ3n) is 2.63. The van der Waals surface area contributed by atoms with Gasteiger partial charge in [0.15, 0.2) is 12.4 Å². The van der Waals surface area contributed by atoms with Gasteiger partial charge in [0.05, 0.1) is 10.0 Å². The molecule has 0 aliphatic carbocycles. The van der Waals surface area contributed by atoms with Crippen molar-refractivity contribution in [2.45, 2.75) is 0 Å². The van der Waals surface area contributed by atoms with Crippen molar-refractivity contribution in [2.24, 2.45) is 0 Å². The van der Waals surface area contributed by atoms with E-state index in [4.69, 9.17) is 23.2 Å². The van der Waals surface area contributed by atoms with Crippen LogP contribution in [0, 0.1) is 0 Å². The van der Waals surface area contributed by atoms with Gasteiger partial charge in [0.25, 0.3) is 0 Å². The lowest BCUT2D eigenvalue weighted by Gasteiger charge is -1.99. The average Bonchev–Trinajstić information content (AvgIpc) is 2.28. The number of fused-ring (bicyclic) bond motifs is 2. The molecule has 0 spiro atoms. The molecule has 0 unspecified atom stereocenters. The predicted molar refractivity (Wildman–Crippen MR) is 67.1 cm³/mol. The summed E-state index contributed by atoms with van der Waals surface area (Å²) in [6, 6.07) is 11.9. The molecule has 2 heterocycles. The molecular formula is C13H8Cl2N+. The molecule has 0 radical (unpaired) electrons. The smallest absolute Gasteiger partial charge is 0.167 e. The second-order valence-corrected chi connectivity index (χ2v) is 4.52. The number of hydrogen-bond donors (Lipinski definition) is 0. The summed E-state index contributed by atoms with van der Waals surface area (Å²) >= 11 is 12.0. The fraction of sp³-hybridized carbons (Fsp3) is 0. The van der Waals surface area contributed by atoms with Crippen LogP contribution in [-0.2, 0) is 0 Å². The molecule has 0 saturated carbocycles. The minimum absolute atomic E-state index is 0.588. The van der Waals surface area contributed by atoms with E-state index in [0.717, 1.165) is 16.3 Å². The Hall–Kier alpha value is -1.31. The van der Waals surface area contributed by atoms with Gasteiger partial charge in [0.2, 0.25) is 5.52 Å². The van der Waals surface area contributed by atoms with Crippen molar-refractivity contribution in [1.29, 1.82) is 0 Å². The molecule has 0 amide bonds. The maximum Gasteiger partial charge on any atom is 0.211 e. The topological polar surface area (TPSA) is 4.10 Å². The number of halogens is 2. The van der Waals surface area contributed by atoms with Gasteiger partial charge >= 0.3 is 0 Å². The van der Waals surface area contributed by atoms with E-state index in [1.54, 1.807) is 0 Å². The highest BCUT2D eigenvalue weighted by atomic mass is 35.5. The summed E-state index contributed by atoms with van der Waals surface area (Å²) in [5.41, 5.74) is 1.13. The van der Waals surface area contributed by atoms with Crippen LogP contribution in [0.5, 0.6) is 0 Å². The first-order valence-corrected chi connectivity index (χ1v) is 5.68. The van der Waals surface area contributed by atoms with Gasteiger partial charge in [-0.2, -0.15) is 4.40 Å². The van der Waals surface area contributed by atoms with E-state index in [9.17, 15) is 0 Å². The molecule has 0 bridgehead atoms. The number of nitrogens with zero attached hydrogens (tertiary/aromatic N) is 1. The van der Waals surface area contributed by atoms with Crippen LogP contribution in [0.15, 0.2) is 48.8 Å². The molecule has 0 saturated heterocycles. The molecular weight excluding hydrogens is 241 g/mol. The highest BCUT2D eigenvalue weighted by Crippen LogP contribution is 2.27. The Bertz CT molecular complexity index is 632. The molecule has 0 atom stereocenters. The average molecular weight is 249 g/mol. The molecule has 3 heteroatoms. The Kier molecular flexibility index (Phi) is 2.23. The molecule has 1 nitrogen and oxygen atoms in total. The minimum atomic E-state index is 0.588. The highest BCUT2D eigenvalue weighted by Gasteiger charge is 2.07. The normalized spacial score (nSPS) is 11.1. The first-order chi connectivity index (χ1) is 7.74. The summed E-state index contributed by atoms with van der Waals surface area (Å²) in [5, 5.41) is 3.36. The lowest BCUT2D eigenvalue weighted by molar-refractivity contribution is -0.510. The Morgan fingerprint density at radius 2 is 1.62 bits per heavy atom. The van der Waals surface area contributed by atoms with Crippen LogP contribution < -0.4 is 4.40 Å². The van der Waals surface area contributed by atoms with Gasteiger partial charge in [-0.05, 0) is 23.6 Å². The zero-order valence-corrected chi connectivity index (χ0v) is 9.83. The number of aromatic nitrogens is 1. The van der Waals surface area contributed by atoms with Crippen LogP contribution in [0.1, 0.15) is 0 Å². The van der Waals surface area contributed by atoms with E-state index < -0.39 is 0 Å². The van der Waals surface area contributed by atoms with Crippen LogP contribution in [0.3, 0.4) is 0 Å². The fourth-order valence-electron chi connectivity index (χ4n) is 1.83. The molecule has 3 aromatic rings. The van der Waals surface area contributed by atoms with E-state index in [2.05, 4.69) is 16.5 Å². The van der Waals surface area contributed by atoms with Crippen LogP contribution in [0.25, 0.3) is 16.3 Å². The predicted octanol–water partition coefficient (Wildman–Crippen LogP) is 3.89.